The van der Waals surface area contributed by atoms with Gasteiger partial charge >= 0.3 is 6.36 Å². The molecule has 2 amide bonds. The normalized spacial score (nSPS) is 12.9. The Morgan fingerprint density at radius 1 is 0.953 bits per heavy atom. The van der Waals surface area contributed by atoms with E-state index >= 15 is 0 Å². The van der Waals surface area contributed by atoms with Crippen molar-refractivity contribution in [2.24, 2.45) is 0 Å². The average Bonchev–Trinajstić information content (AvgIpc) is 3.58. The molecule has 0 spiro atoms. The molecule has 4 aromatic rings. The lowest BCUT2D eigenvalue weighted by Crippen LogP contribution is -2.19. The molecular weight excluding hydrogens is 585 g/mol. The Labute approximate surface area is 248 Å². The van der Waals surface area contributed by atoms with Crippen LogP contribution in [-0.4, -0.2) is 48.1 Å². The van der Waals surface area contributed by atoms with Gasteiger partial charge in [-0.1, -0.05) is 23.5 Å². The maximum absolute atomic E-state index is 12.5. The summed E-state index contributed by atoms with van der Waals surface area (Å²) < 4.78 is 43.3. The molecule has 226 valence electrons. The number of anilines is 2. The molecule has 0 fully saturated rings. The van der Waals surface area contributed by atoms with E-state index in [9.17, 15) is 22.8 Å². The van der Waals surface area contributed by atoms with Crippen molar-refractivity contribution >= 4 is 34.1 Å². The number of imidazole rings is 1. The van der Waals surface area contributed by atoms with Crippen molar-refractivity contribution in [3.05, 3.63) is 70.4 Å². The summed E-state index contributed by atoms with van der Waals surface area (Å²) in [5, 5.41) is 23.2. The number of nitrogens with one attached hydrogen (secondary N) is 2. The molecule has 4 heterocycles. The lowest BCUT2D eigenvalue weighted by molar-refractivity contribution is -0.274. The number of aromatic nitrogens is 6. The number of halogens is 3. The molecule has 11 nitrogen and oxygen atoms in total. The highest BCUT2D eigenvalue weighted by molar-refractivity contribution is 7.15. The van der Waals surface area contributed by atoms with Crippen LogP contribution < -0.4 is 15.4 Å². The number of hydrogen-bond acceptors (Lipinski definition) is 9. The fourth-order valence-electron chi connectivity index (χ4n) is 4.72. The maximum Gasteiger partial charge on any atom is 0.573 e. The smallest absolute Gasteiger partial charge is 0.406 e. The standard InChI is InChI=1S/C28H29F3N8O3S/c29-28(30,31)42-21-8-5-6-18(14-21)15-24(40)33-22-12-11-19(35-36-22)7-1-2-10-26-37-38-27(43-26)34-25(41)16-20-17-32-23-9-3-4-13-39(20)23/h5-6,8,11-12,14,17H,1-4,7,9-10,13,15-16H2,(H,33,36,40)(H,34,38,41). The number of alkyl halides is 3. The Balaban J connectivity index is 1.00. The van der Waals surface area contributed by atoms with E-state index in [1.165, 1.54) is 29.5 Å². The molecule has 2 N–H and O–H groups in total. The van der Waals surface area contributed by atoms with Crippen molar-refractivity contribution in [1.29, 1.82) is 0 Å². The van der Waals surface area contributed by atoms with Crippen LogP contribution in [-0.2, 0) is 48.2 Å². The summed E-state index contributed by atoms with van der Waals surface area (Å²) in [4.78, 5) is 29.3. The third-order valence-corrected chi connectivity index (χ3v) is 7.56. The zero-order chi connectivity index (χ0) is 30.2. The number of carbonyl (C=O) groups is 2. The molecule has 0 radical (unpaired) electrons. The van der Waals surface area contributed by atoms with Gasteiger partial charge in [0.1, 0.15) is 16.6 Å². The van der Waals surface area contributed by atoms with E-state index < -0.39 is 12.3 Å². The van der Waals surface area contributed by atoms with E-state index in [1.54, 1.807) is 18.3 Å². The van der Waals surface area contributed by atoms with Gasteiger partial charge in [0.25, 0.3) is 0 Å². The highest BCUT2D eigenvalue weighted by Crippen LogP contribution is 2.24. The number of aryl methyl sites for hydroxylation is 3. The van der Waals surface area contributed by atoms with Gasteiger partial charge in [-0.2, -0.15) is 5.10 Å². The summed E-state index contributed by atoms with van der Waals surface area (Å²) in [5.41, 5.74) is 2.03. The van der Waals surface area contributed by atoms with Crippen LogP contribution in [0.5, 0.6) is 5.75 Å². The van der Waals surface area contributed by atoms with E-state index in [0.29, 0.717) is 23.5 Å². The highest BCUT2D eigenvalue weighted by atomic mass is 32.1. The van der Waals surface area contributed by atoms with Gasteiger partial charge in [0.15, 0.2) is 5.82 Å². The van der Waals surface area contributed by atoms with Crippen molar-refractivity contribution in [3.63, 3.8) is 0 Å². The number of amides is 2. The van der Waals surface area contributed by atoms with E-state index in [-0.39, 0.29) is 30.3 Å². The Morgan fingerprint density at radius 2 is 1.79 bits per heavy atom. The second-order valence-corrected chi connectivity index (χ2v) is 11.1. The van der Waals surface area contributed by atoms with Crippen molar-refractivity contribution < 1.29 is 27.5 Å². The first kappa shape index (κ1) is 30.1. The van der Waals surface area contributed by atoms with Crippen LogP contribution in [0.15, 0.2) is 42.6 Å². The molecule has 0 unspecified atom stereocenters. The molecule has 1 aliphatic heterocycles. The summed E-state index contributed by atoms with van der Waals surface area (Å²) in [6, 6.07) is 8.63. The van der Waals surface area contributed by atoms with Crippen LogP contribution in [0.2, 0.25) is 0 Å². The van der Waals surface area contributed by atoms with Gasteiger partial charge in [0.2, 0.25) is 16.9 Å². The molecule has 1 aromatic carbocycles. The Bertz CT molecular complexity index is 1560. The van der Waals surface area contributed by atoms with Crippen molar-refractivity contribution in [2.75, 3.05) is 10.6 Å². The average molecular weight is 615 g/mol. The summed E-state index contributed by atoms with van der Waals surface area (Å²) in [6.07, 6.45) is 3.29. The minimum absolute atomic E-state index is 0.140. The van der Waals surface area contributed by atoms with Crippen LogP contribution in [0.3, 0.4) is 0 Å². The van der Waals surface area contributed by atoms with Gasteiger partial charge in [-0.3, -0.25) is 9.59 Å². The second-order valence-electron chi connectivity index (χ2n) is 10.0. The zero-order valence-corrected chi connectivity index (χ0v) is 23.9. The number of benzene rings is 1. The number of fused-ring (bicyclic) bond motifs is 1. The molecule has 15 heteroatoms. The first-order chi connectivity index (χ1) is 20.7. The van der Waals surface area contributed by atoms with Gasteiger partial charge in [-0.25, -0.2) is 4.98 Å². The Kier molecular flexibility index (Phi) is 9.59. The molecule has 43 heavy (non-hydrogen) atoms. The van der Waals surface area contributed by atoms with Crippen LogP contribution in [0, 0.1) is 0 Å². The lowest BCUT2D eigenvalue weighted by Gasteiger charge is -2.15. The quantitative estimate of drug-likeness (QED) is 0.220. The van der Waals surface area contributed by atoms with Crippen LogP contribution in [0.4, 0.5) is 24.1 Å². The first-order valence-electron chi connectivity index (χ1n) is 13.8. The number of ether oxygens (including phenoxy) is 1. The van der Waals surface area contributed by atoms with Crippen LogP contribution >= 0.6 is 11.3 Å². The first-order valence-corrected chi connectivity index (χ1v) is 14.6. The second kappa shape index (κ2) is 13.7. The molecule has 1 aliphatic rings. The number of unbranched alkanes of at least 4 members (excludes halogenated alkanes) is 1. The van der Waals surface area contributed by atoms with E-state index in [2.05, 4.69) is 45.3 Å². The van der Waals surface area contributed by atoms with E-state index in [1.807, 2.05) is 0 Å². The van der Waals surface area contributed by atoms with Gasteiger partial charge in [-0.15, -0.1) is 28.5 Å². The highest BCUT2D eigenvalue weighted by Gasteiger charge is 2.31. The van der Waals surface area contributed by atoms with Gasteiger partial charge in [0, 0.05) is 31.3 Å². The molecule has 0 atom stereocenters. The fourth-order valence-corrected chi connectivity index (χ4v) is 5.52. The molecule has 5 rings (SSSR count). The largest absolute Gasteiger partial charge is 0.573 e. The Hall–Kier alpha value is -4.40. The van der Waals surface area contributed by atoms with Crippen LogP contribution in [0.1, 0.15) is 53.5 Å². The Morgan fingerprint density at radius 3 is 2.60 bits per heavy atom. The van der Waals surface area contributed by atoms with Crippen LogP contribution in [0.25, 0.3) is 0 Å². The molecule has 0 saturated carbocycles. The maximum atomic E-state index is 12.5. The minimum Gasteiger partial charge on any atom is -0.406 e. The topological polar surface area (TPSA) is 137 Å². The SMILES string of the molecule is O=C(Cc1cccc(OC(F)(F)F)c1)Nc1ccc(CCCCc2nnc(NC(=O)Cc3cnc4n3CCCC4)s2)nn1. The van der Waals surface area contributed by atoms with E-state index in [0.717, 1.165) is 66.9 Å². The minimum atomic E-state index is -4.81. The predicted octanol–water partition coefficient (Wildman–Crippen LogP) is 4.69. The van der Waals surface area contributed by atoms with Crippen molar-refractivity contribution in [3.8, 4) is 5.75 Å². The summed E-state index contributed by atoms with van der Waals surface area (Å²) in [5.74, 6) is 0.313. The fraction of sp³-hybridized carbons (Fsp3) is 0.393. The number of hydrogen-bond donors (Lipinski definition) is 2. The lowest BCUT2D eigenvalue weighted by atomic mass is 10.1. The van der Waals surface area contributed by atoms with Gasteiger partial charge < -0.3 is 19.9 Å². The zero-order valence-electron chi connectivity index (χ0n) is 23.1. The summed E-state index contributed by atoms with van der Waals surface area (Å²) in [7, 11) is 0. The van der Waals surface area contributed by atoms with E-state index in [4.69, 9.17) is 0 Å². The van der Waals surface area contributed by atoms with Crippen molar-refractivity contribution in [1.82, 2.24) is 29.9 Å². The molecule has 0 saturated heterocycles. The third-order valence-electron chi connectivity index (χ3n) is 6.67. The van der Waals surface area contributed by atoms with Gasteiger partial charge in [0.05, 0.1) is 18.5 Å². The molecule has 3 aromatic heterocycles. The number of carbonyl (C=O) groups excluding carboxylic acids is 2. The van der Waals surface area contributed by atoms with Gasteiger partial charge in [-0.05, 0) is 61.9 Å². The molecule has 0 bridgehead atoms. The predicted molar refractivity (Wildman–Crippen MR) is 152 cm³/mol. The summed E-state index contributed by atoms with van der Waals surface area (Å²) in [6.45, 7) is 0.901. The molecular formula is C28H29F3N8O3S. The number of rotatable bonds is 12. The summed E-state index contributed by atoms with van der Waals surface area (Å²) >= 11 is 1.36. The van der Waals surface area contributed by atoms with Crippen molar-refractivity contribution in [2.45, 2.75) is 70.7 Å². The monoisotopic (exact) mass is 614 g/mol. The third kappa shape index (κ3) is 9.04. The number of nitrogens with zero attached hydrogens (tertiary/aromatic N) is 6. The molecule has 0 aliphatic carbocycles.